The molecule has 1 aliphatic rings. The van der Waals surface area contributed by atoms with Crippen molar-refractivity contribution in [2.75, 3.05) is 6.54 Å². The van der Waals surface area contributed by atoms with E-state index in [4.69, 9.17) is 0 Å². The van der Waals surface area contributed by atoms with Gasteiger partial charge in [-0.05, 0) is 12.8 Å². The van der Waals surface area contributed by atoms with Crippen molar-refractivity contribution < 1.29 is 9.28 Å². The van der Waals surface area contributed by atoms with Crippen molar-refractivity contribution in [2.24, 2.45) is 0 Å². The Hall–Kier alpha value is -0.440. The van der Waals surface area contributed by atoms with Crippen LogP contribution in [0.2, 0.25) is 0 Å². The molecule has 46 valence electrons. The Morgan fingerprint density at radius 2 is 2.50 bits per heavy atom. The van der Waals surface area contributed by atoms with Gasteiger partial charge in [0.2, 0.25) is 0 Å². The number of carbonyl (C=O) groups is 1. The van der Waals surface area contributed by atoms with Gasteiger partial charge < -0.3 is 4.79 Å². The van der Waals surface area contributed by atoms with Crippen LogP contribution >= 0.6 is 0 Å². The number of hydrogen-bond acceptors (Lipinski definition) is 2. The Bertz CT molecular complexity index is 96.4. The van der Waals surface area contributed by atoms with Crippen LogP contribution in [0.25, 0.3) is 0 Å². The van der Waals surface area contributed by atoms with Crippen molar-refractivity contribution in [3.63, 3.8) is 0 Å². The summed E-state index contributed by atoms with van der Waals surface area (Å²) in [6, 6.07) is -0.449. The van der Waals surface area contributed by atoms with Crippen LogP contribution in [0.3, 0.4) is 0 Å². The minimum absolute atomic E-state index is 0.420. The lowest BCUT2D eigenvalue weighted by Gasteiger charge is -2.04. The quantitative estimate of drug-likeness (QED) is 0.369. The summed E-state index contributed by atoms with van der Waals surface area (Å²) in [6.07, 6.45) is 2.15. The summed E-state index contributed by atoms with van der Waals surface area (Å²) in [7, 11) is 0. The van der Waals surface area contributed by atoms with E-state index in [2.05, 4.69) is 0 Å². The molecule has 0 bridgehead atoms. The molecule has 0 radical (unpaired) electrons. The first-order valence-corrected chi connectivity index (χ1v) is 2.72. The maximum Gasteiger partial charge on any atom is 0.139 e. The van der Waals surface area contributed by atoms with Crippen LogP contribution in [0, 0.1) is 0 Å². The van der Waals surface area contributed by atoms with Crippen LogP contribution in [0.4, 0.5) is 4.48 Å². The van der Waals surface area contributed by atoms with E-state index in [1.165, 1.54) is 0 Å². The summed E-state index contributed by atoms with van der Waals surface area (Å²) >= 11 is 0. The second kappa shape index (κ2) is 2.22. The largest absolute Gasteiger partial charge is 0.302 e. The third-order valence-electron chi connectivity index (χ3n) is 1.39. The molecule has 0 aromatic heterocycles. The monoisotopic (exact) mass is 117 g/mol. The molecular formula is C5H8FNO. The topological polar surface area (TPSA) is 20.3 Å². The Kier molecular flexibility index (Phi) is 1.58. The van der Waals surface area contributed by atoms with E-state index in [0.717, 1.165) is 6.42 Å². The molecule has 0 unspecified atom stereocenters. The number of hydrogen-bond donors (Lipinski definition) is 0. The molecule has 1 aliphatic heterocycles. The fraction of sp³-hybridized carbons (Fsp3) is 0.800. The summed E-state index contributed by atoms with van der Waals surface area (Å²) in [5.74, 6) is 0. The lowest BCUT2D eigenvalue weighted by atomic mass is 10.2. The highest BCUT2D eigenvalue weighted by atomic mass is 19.2. The van der Waals surface area contributed by atoms with Crippen LogP contribution in [0.1, 0.15) is 12.8 Å². The average Bonchev–Trinajstić information content (AvgIpc) is 2.14. The second-order valence-electron chi connectivity index (χ2n) is 1.97. The number of carbonyl (C=O) groups excluding carboxylic acids is 1. The van der Waals surface area contributed by atoms with Gasteiger partial charge in [-0.2, -0.15) is 0 Å². The van der Waals surface area contributed by atoms with Gasteiger partial charge in [-0.15, -0.1) is 9.60 Å². The van der Waals surface area contributed by atoms with Gasteiger partial charge in [0.05, 0.1) is 6.04 Å². The van der Waals surface area contributed by atoms with Gasteiger partial charge in [-0.1, -0.05) is 0 Å². The Labute approximate surface area is 47.2 Å². The second-order valence-corrected chi connectivity index (χ2v) is 1.97. The summed E-state index contributed by atoms with van der Waals surface area (Å²) in [5, 5.41) is 0.590. The van der Waals surface area contributed by atoms with E-state index < -0.39 is 6.04 Å². The van der Waals surface area contributed by atoms with E-state index >= 15 is 0 Å². The predicted octanol–water partition coefficient (Wildman–Crippen LogP) is 0.534. The van der Waals surface area contributed by atoms with Gasteiger partial charge in [0.25, 0.3) is 0 Å². The standard InChI is InChI=1S/C5H8FNO/c6-7-3-1-2-5(7)4-8/h4-5H,1-3H2/t5-/m0/s1. The molecule has 0 N–H and O–H groups in total. The molecule has 1 heterocycles. The molecule has 1 atom stereocenters. The highest BCUT2D eigenvalue weighted by Gasteiger charge is 2.22. The van der Waals surface area contributed by atoms with Crippen LogP contribution in [-0.2, 0) is 4.79 Å². The van der Waals surface area contributed by atoms with Crippen LogP contribution in [-0.4, -0.2) is 24.0 Å². The van der Waals surface area contributed by atoms with E-state index in [0.29, 0.717) is 24.4 Å². The van der Waals surface area contributed by atoms with Gasteiger partial charge in [0, 0.05) is 6.54 Å². The molecule has 0 aliphatic carbocycles. The van der Waals surface area contributed by atoms with E-state index in [-0.39, 0.29) is 0 Å². The van der Waals surface area contributed by atoms with Gasteiger partial charge in [0.1, 0.15) is 6.29 Å². The Morgan fingerprint density at radius 1 is 1.75 bits per heavy atom. The predicted molar refractivity (Wildman–Crippen MR) is 26.9 cm³/mol. The maximum absolute atomic E-state index is 12.2. The van der Waals surface area contributed by atoms with Crippen molar-refractivity contribution in [1.82, 2.24) is 5.12 Å². The maximum atomic E-state index is 12.2. The zero-order valence-corrected chi connectivity index (χ0v) is 4.51. The molecule has 2 nitrogen and oxygen atoms in total. The SMILES string of the molecule is O=C[C@@H]1CCCN1F. The molecule has 1 fully saturated rings. The lowest BCUT2D eigenvalue weighted by molar-refractivity contribution is -0.116. The highest BCUT2D eigenvalue weighted by Crippen LogP contribution is 2.14. The molecule has 0 spiro atoms. The minimum atomic E-state index is -0.449. The molecule has 0 saturated carbocycles. The molecule has 3 heteroatoms. The van der Waals surface area contributed by atoms with E-state index in [1.54, 1.807) is 0 Å². The molecule has 1 rings (SSSR count). The van der Waals surface area contributed by atoms with Crippen LogP contribution < -0.4 is 0 Å². The van der Waals surface area contributed by atoms with Crippen molar-refractivity contribution in [1.29, 1.82) is 0 Å². The fourth-order valence-corrected chi connectivity index (χ4v) is 0.891. The summed E-state index contributed by atoms with van der Waals surface area (Å²) < 4.78 is 12.2. The summed E-state index contributed by atoms with van der Waals surface area (Å²) in [5.41, 5.74) is 0. The van der Waals surface area contributed by atoms with Gasteiger partial charge in [0.15, 0.2) is 0 Å². The average molecular weight is 117 g/mol. The third-order valence-corrected chi connectivity index (χ3v) is 1.39. The van der Waals surface area contributed by atoms with Crippen molar-refractivity contribution >= 4 is 6.29 Å². The zero-order chi connectivity index (χ0) is 5.98. The van der Waals surface area contributed by atoms with Gasteiger partial charge in [-0.25, -0.2) is 0 Å². The van der Waals surface area contributed by atoms with E-state index in [1.807, 2.05) is 0 Å². The number of halogens is 1. The van der Waals surface area contributed by atoms with Gasteiger partial charge in [-0.3, -0.25) is 0 Å². The third kappa shape index (κ3) is 0.865. The molecule has 1 saturated heterocycles. The van der Waals surface area contributed by atoms with E-state index in [9.17, 15) is 9.28 Å². The lowest BCUT2D eigenvalue weighted by Crippen LogP contribution is -2.21. The molecule has 8 heavy (non-hydrogen) atoms. The summed E-state index contributed by atoms with van der Waals surface area (Å²) in [6.45, 7) is 0.420. The molecule has 0 amide bonds. The smallest absolute Gasteiger partial charge is 0.139 e. The zero-order valence-electron chi connectivity index (χ0n) is 4.51. The van der Waals surface area contributed by atoms with Gasteiger partial charge >= 0.3 is 0 Å². The van der Waals surface area contributed by atoms with Crippen molar-refractivity contribution in [2.45, 2.75) is 18.9 Å². The molecule has 0 aromatic rings. The summed E-state index contributed by atoms with van der Waals surface area (Å²) in [4.78, 5) is 9.94. The number of rotatable bonds is 1. The number of aldehydes is 1. The first kappa shape index (κ1) is 5.69. The number of nitrogens with zero attached hydrogens (tertiary/aromatic N) is 1. The fourth-order valence-electron chi connectivity index (χ4n) is 0.891. The first-order chi connectivity index (χ1) is 3.84. The Balaban J connectivity index is 2.41. The first-order valence-electron chi connectivity index (χ1n) is 2.72. The van der Waals surface area contributed by atoms with Crippen LogP contribution in [0.5, 0.6) is 0 Å². The van der Waals surface area contributed by atoms with Crippen molar-refractivity contribution in [3.8, 4) is 0 Å². The normalized spacial score (nSPS) is 30.9. The highest BCUT2D eigenvalue weighted by molar-refractivity contribution is 5.57. The minimum Gasteiger partial charge on any atom is -0.302 e. The molecular weight excluding hydrogens is 109 g/mol. The van der Waals surface area contributed by atoms with Crippen molar-refractivity contribution in [3.05, 3.63) is 0 Å². The Morgan fingerprint density at radius 3 is 2.75 bits per heavy atom. The molecule has 0 aromatic carbocycles. The van der Waals surface area contributed by atoms with Crippen LogP contribution in [0.15, 0.2) is 0 Å².